The number of ether oxygens (including phenoxy) is 3. The summed E-state index contributed by atoms with van der Waals surface area (Å²) in [7, 11) is 0. The molecule has 1 aliphatic carbocycles. The number of nitrogens with one attached hydrogen (secondary N) is 6. The first-order valence-electron chi connectivity index (χ1n) is 32.6. The molecule has 0 spiro atoms. The van der Waals surface area contributed by atoms with Crippen LogP contribution in [0.15, 0.2) is 38.4 Å². The van der Waals surface area contributed by atoms with Crippen LogP contribution in [0, 0.1) is 14.3 Å². The van der Waals surface area contributed by atoms with Crippen molar-refractivity contribution in [2.24, 2.45) is 0 Å². The Bertz CT molecular complexity index is 4020. The smallest absolute Gasteiger partial charge is 0.351 e. The molecule has 0 bridgehead atoms. The van der Waals surface area contributed by atoms with Gasteiger partial charge in [-0.3, -0.25) is 38.2 Å². The highest BCUT2D eigenvalue weighted by Gasteiger charge is 2.61. The number of carbonyl (C=O) groups excluding carboxylic acids is 7. The number of benzene rings is 3. The number of hydrogen-bond acceptors (Lipinski definition) is 19. The third-order valence-electron chi connectivity index (χ3n) is 17.9. The Hall–Kier alpha value is -4.13. The number of alkyl halides is 2. The number of aromatic hydroxyl groups is 1. The molecule has 2 unspecified atom stereocenters. The van der Waals surface area contributed by atoms with Crippen LogP contribution in [-0.2, 0) is 38.2 Å². The number of rotatable bonds is 36. The minimum atomic E-state index is -3.90. The van der Waals surface area contributed by atoms with Gasteiger partial charge in [-0.05, 0) is 161 Å². The number of halogens is 10. The maximum absolute atomic E-state index is 14.9. The normalized spacial score (nSPS) is 19.8. The summed E-state index contributed by atoms with van der Waals surface area (Å²) in [5, 5.41) is 38.8. The van der Waals surface area contributed by atoms with Crippen molar-refractivity contribution in [1.82, 2.24) is 46.4 Å². The number of aliphatic hydroxyl groups excluding tert-OH is 1. The molecule has 25 nitrogen and oxygen atoms in total. The predicted molar refractivity (Wildman–Crippen MR) is 413 cm³/mol. The molecule has 6 atom stereocenters. The highest BCUT2D eigenvalue weighted by Crippen LogP contribution is 2.53. The van der Waals surface area contributed by atoms with Gasteiger partial charge in [0, 0.05) is 111 Å². The number of thioether (sulfide) groups is 1. The number of carbonyl (C=O) groups is 7. The first-order valence-corrected chi connectivity index (χ1v) is 39.5. The second-order valence-corrected chi connectivity index (χ2v) is 32.2. The fourth-order valence-electron chi connectivity index (χ4n) is 12.1. The van der Waals surface area contributed by atoms with Crippen molar-refractivity contribution in [3.8, 4) is 28.2 Å². The van der Waals surface area contributed by atoms with Gasteiger partial charge in [-0.1, -0.05) is 78.5 Å². The lowest BCUT2D eigenvalue weighted by Crippen LogP contribution is -2.58. The van der Waals surface area contributed by atoms with Gasteiger partial charge in [0.05, 0.1) is 54.0 Å². The summed E-state index contributed by atoms with van der Waals surface area (Å²) in [5.74, 6) is -5.54. The molecule has 2 aromatic carbocycles. The van der Waals surface area contributed by atoms with E-state index in [2.05, 4.69) is 50.7 Å². The lowest BCUT2D eigenvalue weighted by Gasteiger charge is -2.35. The summed E-state index contributed by atoms with van der Waals surface area (Å²) in [6, 6.07) is 4.20. The summed E-state index contributed by atoms with van der Waals surface area (Å²) in [4.78, 5) is 121. The van der Waals surface area contributed by atoms with Gasteiger partial charge in [0.15, 0.2) is 17.4 Å². The number of fused-ring (bicyclic) bond motifs is 3. The molecular weight excluding hydrogens is 1880 g/mol. The standard InChI is InChI=1S/C65H76Cl4F2I4N10O15S/c1-63-32-101-38(64(63,2)83-61(95)82-63)13-11-12-17-42(88)79-22-27-84(26-21-78-41(87)15-9-5-6-10-18-44(90)98-31-37-58(93)65(70,71)60(99-37)85-24-19-39(76)81-62(85)96)25-20-77-40(86)14-7-3-4-8-16-43(89)80-23-28-97-59(94)47-46(48(66)50(68)51(69)49(47)67)45-33-29-35(72)54(91)52(74)56(33)100-57-34(45)30-36(73)55(92)53(57)75/h19,24,29-30,37-38,58,60,91,93H,3-18,20-23,25-28,31-32H2,1-2H3,(H,77,86)(H,78,87)(H,79,88)(H,80,89)(H2,76,81,96)(H2,82,83,95)/t37-,38?,58?,60-,63-,64+/m1/s1. The molecule has 5 heterocycles. The van der Waals surface area contributed by atoms with Gasteiger partial charge < -0.3 is 66.5 Å². The van der Waals surface area contributed by atoms with E-state index < -0.39 is 48.6 Å². The van der Waals surface area contributed by atoms with E-state index in [4.69, 9.17) is 70.8 Å². The maximum Gasteiger partial charge on any atom is 0.351 e. The Morgan fingerprint density at radius 2 is 1.30 bits per heavy atom. The number of aliphatic hydroxyl groups is 1. The molecule has 3 fully saturated rings. The molecule has 5 aliphatic rings. The minimum Gasteiger partial charge on any atom is -0.506 e. The number of phenols is 1. The van der Waals surface area contributed by atoms with E-state index in [-0.39, 0.29) is 148 Å². The largest absolute Gasteiger partial charge is 0.506 e. The first kappa shape index (κ1) is 82.5. The summed E-state index contributed by atoms with van der Waals surface area (Å²) < 4.78 is 53.9. The Morgan fingerprint density at radius 1 is 0.743 bits per heavy atom. The number of hydrogen-bond donors (Lipinski definition) is 9. The molecular formula is C65H76Cl4F2I4N10O15S. The van der Waals surface area contributed by atoms with Gasteiger partial charge in [-0.15, -0.1) is 0 Å². The molecule has 36 heteroatoms. The zero-order valence-corrected chi connectivity index (χ0v) is 67.3. The fourth-order valence-corrected chi connectivity index (χ4v) is 18.6. The van der Waals surface area contributed by atoms with E-state index in [9.17, 15) is 62.1 Å². The van der Waals surface area contributed by atoms with E-state index in [1.165, 1.54) is 0 Å². The molecule has 0 radical (unpaired) electrons. The van der Waals surface area contributed by atoms with Crippen LogP contribution in [-0.4, -0.2) is 166 Å². The predicted octanol–water partition coefficient (Wildman–Crippen LogP) is 10.7. The second-order valence-electron chi connectivity index (χ2n) is 25.0. The lowest BCUT2D eigenvalue weighted by atomic mass is 9.79. The number of nitrogens with zero attached hydrogens (tertiary/aromatic N) is 3. The van der Waals surface area contributed by atoms with Crippen molar-refractivity contribution in [3.05, 3.63) is 85.0 Å². The van der Waals surface area contributed by atoms with Crippen LogP contribution in [0.1, 0.15) is 133 Å². The van der Waals surface area contributed by atoms with Crippen LogP contribution in [0.25, 0.3) is 33.4 Å². The van der Waals surface area contributed by atoms with E-state index >= 15 is 0 Å². The summed E-state index contributed by atoms with van der Waals surface area (Å²) in [6.07, 6.45) is 2.61. The number of aromatic nitrogens is 2. The third kappa shape index (κ3) is 20.5. The zero-order chi connectivity index (χ0) is 73.7. The number of urea groups is 1. The molecule has 6 amide bonds. The van der Waals surface area contributed by atoms with E-state index in [0.29, 0.717) is 135 Å². The summed E-state index contributed by atoms with van der Waals surface area (Å²) >= 11 is 36.5. The van der Waals surface area contributed by atoms with Crippen molar-refractivity contribution < 1.29 is 71.2 Å². The van der Waals surface area contributed by atoms with Crippen molar-refractivity contribution in [1.29, 1.82) is 0 Å². The topological polar surface area (TPSA) is 354 Å². The average Bonchev–Trinajstić information content (AvgIpc) is 1.03. The van der Waals surface area contributed by atoms with Crippen LogP contribution in [0.5, 0.6) is 5.75 Å². The Kier molecular flexibility index (Phi) is 30.6. The zero-order valence-electron chi connectivity index (χ0n) is 54.8. The minimum absolute atomic E-state index is 0.0417. The molecule has 3 saturated heterocycles. The Morgan fingerprint density at radius 3 is 1.88 bits per heavy atom. The second kappa shape index (κ2) is 37.4. The van der Waals surface area contributed by atoms with Crippen LogP contribution >= 0.6 is 149 Å². The maximum atomic E-state index is 14.9. The Labute approximate surface area is 659 Å². The summed E-state index contributed by atoms with van der Waals surface area (Å²) in [6.45, 7) is 5.34. The highest BCUT2D eigenvalue weighted by molar-refractivity contribution is 14.1. The fraction of sp³-hybridized carbons (Fsp3) is 0.538. The quantitative estimate of drug-likeness (QED) is 0.00342. The van der Waals surface area contributed by atoms with E-state index in [0.717, 1.165) is 30.9 Å². The lowest BCUT2D eigenvalue weighted by molar-refractivity contribution is -0.150. The van der Waals surface area contributed by atoms with Crippen molar-refractivity contribution >= 4 is 207 Å². The Balaban J connectivity index is 0.729. The number of esters is 2. The molecule has 10 N–H and O–H groups in total. The van der Waals surface area contributed by atoms with Gasteiger partial charge >= 0.3 is 29.6 Å². The van der Waals surface area contributed by atoms with Gasteiger partial charge in [-0.2, -0.15) is 25.5 Å². The number of unbranched alkanes of at least 4 members (excludes halogenated alkanes) is 7. The molecule has 552 valence electrons. The van der Waals surface area contributed by atoms with Gasteiger partial charge in [0.2, 0.25) is 35.3 Å². The van der Waals surface area contributed by atoms with Crippen molar-refractivity contribution in [3.63, 3.8) is 0 Å². The number of anilines is 1. The molecule has 8 rings (SSSR count). The van der Waals surface area contributed by atoms with Crippen molar-refractivity contribution in [2.45, 2.75) is 157 Å². The van der Waals surface area contributed by atoms with Gasteiger partial charge in [0.1, 0.15) is 34.5 Å². The number of nitrogen functional groups attached to an aromatic ring is 1. The van der Waals surface area contributed by atoms with Crippen LogP contribution in [0.3, 0.4) is 0 Å². The van der Waals surface area contributed by atoms with Crippen LogP contribution in [0.4, 0.5) is 19.4 Å². The number of amides is 6. The number of phenolic OH excluding ortho intramolecular Hbond substituents is 1. The third-order valence-corrected chi connectivity index (χ3v) is 25.1. The van der Waals surface area contributed by atoms with Crippen LogP contribution < -0.4 is 48.8 Å². The van der Waals surface area contributed by atoms with Gasteiger partial charge in [-0.25, -0.2) is 14.4 Å². The molecule has 101 heavy (non-hydrogen) atoms. The average molecular weight is 1960 g/mol. The van der Waals surface area contributed by atoms with Crippen LogP contribution in [0.2, 0.25) is 20.1 Å². The SMILES string of the molecule is C[C@@]12CSC(CCCCC(=O)NCCN(CCNC(=O)CCCCCCC(=O)NCCOC(=O)c3c(Cl)c(Cl)c(Cl)c(Cl)c3-c3c4cc(I)c(=O)c(I)c-4oc4c(I)c(O)c(I)cc34)CCNC(=O)CCCCCCC(=O)OC[C@H]3O[C@@H](n4ccc(N)nc4=O)C(F)(F)C3O)[C@]1(C)NC(=O)N2. The molecule has 0 saturated carbocycles. The first-order chi connectivity index (χ1) is 47.9. The molecule has 1 aromatic heterocycles. The summed E-state index contributed by atoms with van der Waals surface area (Å²) in [5.41, 5.74) is 4.04. The number of nitrogens with two attached hydrogens (primary N) is 1. The van der Waals surface area contributed by atoms with Crippen molar-refractivity contribution in [2.75, 3.05) is 70.5 Å². The highest BCUT2D eigenvalue weighted by atomic mass is 127. The van der Waals surface area contributed by atoms with Gasteiger partial charge in [0.25, 0.3) is 0 Å². The molecule has 3 aromatic rings. The monoisotopic (exact) mass is 1950 g/mol. The van der Waals surface area contributed by atoms with E-state index in [1.807, 2.05) is 107 Å². The molecule has 4 aliphatic heterocycles. The van der Waals surface area contributed by atoms with E-state index in [1.54, 1.807) is 12.1 Å².